The van der Waals surface area contributed by atoms with Gasteiger partial charge in [0.1, 0.15) is 28.7 Å². The Hall–Kier alpha value is -3.80. The van der Waals surface area contributed by atoms with Crippen LogP contribution >= 0.6 is 0 Å². The lowest BCUT2D eigenvalue weighted by Crippen LogP contribution is -2.57. The molecule has 1 unspecified atom stereocenters. The summed E-state index contributed by atoms with van der Waals surface area (Å²) in [7, 11) is 1.49. The SMILES string of the molecule is CN1C(=O)N(CC(N(O)C=O)C(C)(C)Oc2ccc(-c3ccc(OC(F)(F)F)cc3)cc2)C(=O)C1(C)C. The molecule has 0 spiro atoms. The van der Waals surface area contributed by atoms with Crippen LogP contribution in [0.15, 0.2) is 48.5 Å². The van der Waals surface area contributed by atoms with E-state index in [1.54, 1.807) is 52.0 Å². The number of carbonyl (C=O) groups excluding carboxylic acids is 3. The molecule has 200 valence electrons. The molecule has 0 aliphatic carbocycles. The van der Waals surface area contributed by atoms with Gasteiger partial charge in [-0.2, -0.15) is 0 Å². The maximum absolute atomic E-state index is 12.8. The Morgan fingerprint density at radius 3 is 1.81 bits per heavy atom. The maximum Gasteiger partial charge on any atom is 0.573 e. The molecule has 0 radical (unpaired) electrons. The van der Waals surface area contributed by atoms with Crippen molar-refractivity contribution in [3.8, 4) is 22.6 Å². The first-order valence-electron chi connectivity index (χ1n) is 11.2. The van der Waals surface area contributed by atoms with E-state index in [-0.39, 0.29) is 18.7 Å². The predicted molar refractivity (Wildman–Crippen MR) is 126 cm³/mol. The van der Waals surface area contributed by atoms with Crippen LogP contribution < -0.4 is 9.47 Å². The zero-order chi connectivity index (χ0) is 27.8. The lowest BCUT2D eigenvalue weighted by Gasteiger charge is -2.38. The molecule has 9 nitrogen and oxygen atoms in total. The van der Waals surface area contributed by atoms with Gasteiger partial charge >= 0.3 is 12.4 Å². The molecular formula is C25H28F3N3O6. The summed E-state index contributed by atoms with van der Waals surface area (Å²) < 4.78 is 47.0. The third-order valence-electron chi connectivity index (χ3n) is 6.37. The summed E-state index contributed by atoms with van der Waals surface area (Å²) in [6.07, 6.45) is -4.61. The highest BCUT2D eigenvalue weighted by molar-refractivity contribution is 6.06. The van der Waals surface area contributed by atoms with Crippen molar-refractivity contribution in [1.82, 2.24) is 14.9 Å². The molecule has 12 heteroatoms. The van der Waals surface area contributed by atoms with E-state index in [0.29, 0.717) is 21.9 Å². The molecule has 1 heterocycles. The fourth-order valence-corrected chi connectivity index (χ4v) is 3.95. The Morgan fingerprint density at radius 2 is 1.43 bits per heavy atom. The number of hydroxylamine groups is 2. The average Bonchev–Trinajstić information content (AvgIpc) is 2.96. The van der Waals surface area contributed by atoms with Crippen LogP contribution in [0.3, 0.4) is 0 Å². The second-order valence-electron chi connectivity index (χ2n) is 9.62. The first-order valence-corrected chi connectivity index (χ1v) is 11.2. The number of alkyl halides is 3. The molecule has 0 aromatic heterocycles. The zero-order valence-corrected chi connectivity index (χ0v) is 20.9. The Kier molecular flexibility index (Phi) is 7.45. The van der Waals surface area contributed by atoms with Crippen LogP contribution in [0.2, 0.25) is 0 Å². The van der Waals surface area contributed by atoms with E-state index < -0.39 is 35.5 Å². The lowest BCUT2D eigenvalue weighted by atomic mass is 9.96. The lowest BCUT2D eigenvalue weighted by molar-refractivity contribution is -0.274. The molecule has 1 aliphatic heterocycles. The molecule has 1 N–H and O–H groups in total. The van der Waals surface area contributed by atoms with Gasteiger partial charge < -0.3 is 14.4 Å². The maximum atomic E-state index is 12.8. The monoisotopic (exact) mass is 523 g/mol. The number of halogens is 3. The number of rotatable bonds is 9. The quantitative estimate of drug-likeness (QED) is 0.228. The summed E-state index contributed by atoms with van der Waals surface area (Å²) >= 11 is 0. The van der Waals surface area contributed by atoms with E-state index in [2.05, 4.69) is 4.74 Å². The fourth-order valence-electron chi connectivity index (χ4n) is 3.95. The van der Waals surface area contributed by atoms with Crippen molar-refractivity contribution in [2.45, 2.75) is 51.2 Å². The minimum absolute atomic E-state index is 0.172. The highest BCUT2D eigenvalue weighted by Crippen LogP contribution is 2.31. The predicted octanol–water partition coefficient (Wildman–Crippen LogP) is 4.30. The standard InChI is InChI=1S/C25H28F3N3O6/c1-23(2)21(33)30(22(34)29(23)5)14-20(31(35)15-32)24(3,4)36-18-10-6-16(7-11-18)17-8-12-19(13-9-17)37-25(26,27)28/h6-13,15,20,35H,14H2,1-5H3. The van der Waals surface area contributed by atoms with E-state index in [4.69, 9.17) is 4.74 Å². The largest absolute Gasteiger partial charge is 0.573 e. The van der Waals surface area contributed by atoms with Crippen molar-refractivity contribution in [3.05, 3.63) is 48.5 Å². The topological polar surface area (TPSA) is 99.6 Å². The Bertz CT molecular complexity index is 1150. The summed E-state index contributed by atoms with van der Waals surface area (Å²) in [6, 6.07) is 10.3. The fraction of sp³-hybridized carbons (Fsp3) is 0.400. The molecule has 0 bridgehead atoms. The number of carbonyl (C=O) groups is 3. The molecule has 4 amide bonds. The minimum atomic E-state index is -4.78. The van der Waals surface area contributed by atoms with Crippen molar-refractivity contribution < 1.29 is 42.2 Å². The molecule has 1 aliphatic rings. The summed E-state index contributed by atoms with van der Waals surface area (Å²) in [5, 5.41) is 10.7. The number of ether oxygens (including phenoxy) is 2. The van der Waals surface area contributed by atoms with E-state index >= 15 is 0 Å². The molecule has 1 saturated heterocycles. The van der Waals surface area contributed by atoms with Gasteiger partial charge in [-0.1, -0.05) is 24.3 Å². The van der Waals surface area contributed by atoms with Gasteiger partial charge in [0.25, 0.3) is 5.91 Å². The van der Waals surface area contributed by atoms with Crippen molar-refractivity contribution in [3.63, 3.8) is 0 Å². The van der Waals surface area contributed by atoms with E-state index in [0.717, 1.165) is 4.90 Å². The van der Waals surface area contributed by atoms with Crippen LogP contribution in [0.1, 0.15) is 27.7 Å². The third-order valence-corrected chi connectivity index (χ3v) is 6.37. The van der Waals surface area contributed by atoms with Gasteiger partial charge in [0.15, 0.2) is 0 Å². The summed E-state index contributed by atoms with van der Waals surface area (Å²) in [6.45, 7) is 6.07. The summed E-state index contributed by atoms with van der Waals surface area (Å²) in [5.41, 5.74) is -1.02. The van der Waals surface area contributed by atoms with Gasteiger partial charge in [-0.25, -0.2) is 9.86 Å². The molecule has 37 heavy (non-hydrogen) atoms. The van der Waals surface area contributed by atoms with E-state index in [9.17, 15) is 32.8 Å². The van der Waals surface area contributed by atoms with Crippen molar-refractivity contribution in [1.29, 1.82) is 0 Å². The Morgan fingerprint density at radius 1 is 0.973 bits per heavy atom. The average molecular weight is 524 g/mol. The number of urea groups is 1. The van der Waals surface area contributed by atoms with Gasteiger partial charge in [-0.05, 0) is 63.1 Å². The van der Waals surface area contributed by atoms with Gasteiger partial charge in [0.05, 0.1) is 6.54 Å². The van der Waals surface area contributed by atoms with Gasteiger partial charge in [-0.15, -0.1) is 13.2 Å². The normalized spacial score (nSPS) is 16.6. The second-order valence-corrected chi connectivity index (χ2v) is 9.62. The van der Waals surface area contributed by atoms with E-state index in [1.807, 2.05) is 0 Å². The molecule has 2 aromatic rings. The second kappa shape index (κ2) is 9.92. The molecule has 3 rings (SSSR count). The van der Waals surface area contributed by atoms with Gasteiger partial charge in [0.2, 0.25) is 6.41 Å². The van der Waals surface area contributed by atoms with Gasteiger partial charge in [-0.3, -0.25) is 19.7 Å². The summed E-state index contributed by atoms with van der Waals surface area (Å²) in [4.78, 5) is 39.2. The van der Waals surface area contributed by atoms with E-state index in [1.165, 1.54) is 36.2 Å². The molecular weight excluding hydrogens is 495 g/mol. The number of benzene rings is 2. The number of likely N-dealkylation sites (N-methyl/N-ethyl adjacent to an activating group) is 1. The Balaban J connectivity index is 1.77. The number of hydrogen-bond acceptors (Lipinski definition) is 6. The van der Waals surface area contributed by atoms with Crippen molar-refractivity contribution in [2.75, 3.05) is 13.6 Å². The van der Waals surface area contributed by atoms with Crippen molar-refractivity contribution >= 4 is 18.3 Å². The van der Waals surface area contributed by atoms with Crippen LogP contribution in [-0.4, -0.2) is 75.6 Å². The smallest absolute Gasteiger partial charge is 0.486 e. The van der Waals surface area contributed by atoms with Crippen molar-refractivity contribution in [2.24, 2.45) is 0 Å². The minimum Gasteiger partial charge on any atom is -0.486 e. The number of amides is 4. The zero-order valence-electron chi connectivity index (χ0n) is 20.9. The number of nitrogens with zero attached hydrogens (tertiary/aromatic N) is 3. The molecule has 1 fully saturated rings. The van der Waals surface area contributed by atoms with Crippen LogP contribution in [0, 0.1) is 0 Å². The number of imide groups is 1. The first-order chi connectivity index (χ1) is 17.1. The Labute approximate surface area is 211 Å². The highest BCUT2D eigenvalue weighted by Gasteiger charge is 2.51. The van der Waals surface area contributed by atoms with Crippen LogP contribution in [-0.2, 0) is 9.59 Å². The third kappa shape index (κ3) is 5.96. The molecule has 2 aromatic carbocycles. The highest BCUT2D eigenvalue weighted by atomic mass is 19.4. The van der Waals surface area contributed by atoms with Crippen LogP contribution in [0.25, 0.3) is 11.1 Å². The molecule has 0 saturated carbocycles. The van der Waals surface area contributed by atoms with Crippen LogP contribution in [0.4, 0.5) is 18.0 Å². The van der Waals surface area contributed by atoms with Crippen LogP contribution in [0.5, 0.6) is 11.5 Å². The van der Waals surface area contributed by atoms with Gasteiger partial charge in [0, 0.05) is 7.05 Å². The first kappa shape index (κ1) is 27.8. The molecule has 1 atom stereocenters. The summed E-state index contributed by atoms with van der Waals surface area (Å²) in [5.74, 6) is -0.458. The number of hydrogen-bond donors (Lipinski definition) is 1.